The van der Waals surface area contributed by atoms with E-state index in [1.54, 1.807) is 54.6 Å². The van der Waals surface area contributed by atoms with Gasteiger partial charge < -0.3 is 21.1 Å². The highest BCUT2D eigenvalue weighted by Gasteiger charge is 2.51. The molecule has 4 N–H and O–H groups in total. The number of rotatable bonds is 6. The summed E-state index contributed by atoms with van der Waals surface area (Å²) in [5.74, 6) is -1.42. The van der Waals surface area contributed by atoms with Crippen LogP contribution in [0, 0.1) is 0 Å². The molecule has 7 nitrogen and oxygen atoms in total. The third kappa shape index (κ3) is 5.27. The predicted molar refractivity (Wildman–Crippen MR) is 128 cm³/mol. The molecule has 0 bridgehead atoms. The van der Waals surface area contributed by atoms with Crippen molar-refractivity contribution in [2.24, 2.45) is 0 Å². The minimum atomic E-state index is -1.12. The first-order chi connectivity index (χ1) is 15.8. The number of aliphatic carboxylic acids is 1. The Morgan fingerprint density at radius 2 is 1.42 bits per heavy atom. The van der Waals surface area contributed by atoms with E-state index in [-0.39, 0.29) is 0 Å². The number of nitrogens with one attached hydrogen (secondary N) is 3. The second-order valence-electron chi connectivity index (χ2n) is 7.70. The quantitative estimate of drug-likeness (QED) is 0.363. The number of hydrogen-bond acceptors (Lipinski definition) is 3. The fourth-order valence-electron chi connectivity index (χ4n) is 3.24. The van der Waals surface area contributed by atoms with Crippen LogP contribution < -0.4 is 16.0 Å². The lowest BCUT2D eigenvalue weighted by molar-refractivity contribution is -0.140. The molecule has 1 fully saturated rings. The molecule has 0 radical (unpaired) electrons. The molecule has 9 heteroatoms. The van der Waals surface area contributed by atoms with E-state index < -0.39 is 23.4 Å². The molecule has 0 atom stereocenters. The van der Waals surface area contributed by atoms with Gasteiger partial charge in [0.1, 0.15) is 5.54 Å². The number of carbonyl (C=O) groups excluding carboxylic acids is 2. The van der Waals surface area contributed by atoms with Crippen molar-refractivity contribution in [3.63, 3.8) is 0 Å². The van der Waals surface area contributed by atoms with Crippen LogP contribution >= 0.6 is 23.2 Å². The molecule has 3 amide bonds. The van der Waals surface area contributed by atoms with Crippen LogP contribution in [0.15, 0.2) is 66.7 Å². The van der Waals surface area contributed by atoms with Gasteiger partial charge in [-0.2, -0.15) is 0 Å². The minimum absolute atomic E-state index is 0.334. The zero-order chi connectivity index (χ0) is 23.6. The summed E-state index contributed by atoms with van der Waals surface area (Å²) in [5.41, 5.74) is 2.05. The molecule has 1 saturated carbocycles. The Hall–Kier alpha value is -3.55. The predicted octanol–water partition coefficient (Wildman–Crippen LogP) is 5.65. The third-order valence-electron chi connectivity index (χ3n) is 5.31. The van der Waals surface area contributed by atoms with Crippen LogP contribution in [0.1, 0.15) is 23.2 Å². The van der Waals surface area contributed by atoms with Gasteiger partial charge >= 0.3 is 12.0 Å². The van der Waals surface area contributed by atoms with E-state index in [2.05, 4.69) is 16.0 Å². The monoisotopic (exact) mass is 483 g/mol. The normalized spacial score (nSPS) is 13.6. The first-order valence-electron chi connectivity index (χ1n) is 10.1. The number of halogens is 2. The molecule has 0 unspecified atom stereocenters. The van der Waals surface area contributed by atoms with Crippen molar-refractivity contribution in [3.8, 4) is 11.1 Å². The number of amides is 3. The Kier molecular flexibility index (Phi) is 6.26. The van der Waals surface area contributed by atoms with Crippen molar-refractivity contribution in [2.45, 2.75) is 18.4 Å². The van der Waals surface area contributed by atoms with E-state index in [4.69, 9.17) is 23.2 Å². The third-order valence-corrected chi connectivity index (χ3v) is 5.86. The Bertz CT molecular complexity index is 1220. The zero-order valence-electron chi connectivity index (χ0n) is 17.2. The summed E-state index contributed by atoms with van der Waals surface area (Å²) in [5, 5.41) is 18.0. The minimum Gasteiger partial charge on any atom is -0.480 e. The highest BCUT2D eigenvalue weighted by atomic mass is 35.5. The second kappa shape index (κ2) is 9.13. The Labute approximate surface area is 199 Å². The fourth-order valence-corrected chi connectivity index (χ4v) is 3.70. The molecule has 3 aromatic carbocycles. The van der Waals surface area contributed by atoms with Gasteiger partial charge in [-0.3, -0.25) is 4.79 Å². The zero-order valence-corrected chi connectivity index (χ0v) is 18.7. The average Bonchev–Trinajstić information content (AvgIpc) is 3.57. The lowest BCUT2D eigenvalue weighted by atomic mass is 10.0. The van der Waals surface area contributed by atoms with Crippen molar-refractivity contribution >= 4 is 52.5 Å². The molecule has 0 aliphatic heterocycles. The van der Waals surface area contributed by atoms with E-state index in [0.717, 1.165) is 11.1 Å². The Morgan fingerprint density at radius 3 is 1.97 bits per heavy atom. The van der Waals surface area contributed by atoms with Crippen molar-refractivity contribution < 1.29 is 19.5 Å². The smallest absolute Gasteiger partial charge is 0.329 e. The summed E-state index contributed by atoms with van der Waals surface area (Å²) in [6.07, 6.45) is 0.884. The maximum absolute atomic E-state index is 12.3. The molecule has 1 aliphatic carbocycles. The molecule has 0 aromatic heterocycles. The highest BCUT2D eigenvalue weighted by Crippen LogP contribution is 2.36. The van der Waals surface area contributed by atoms with Crippen molar-refractivity contribution in [1.29, 1.82) is 0 Å². The first kappa shape index (κ1) is 22.6. The Balaban J connectivity index is 1.37. The van der Waals surface area contributed by atoms with Gasteiger partial charge in [0.05, 0.1) is 10.7 Å². The largest absolute Gasteiger partial charge is 0.480 e. The number of urea groups is 1. The maximum Gasteiger partial charge on any atom is 0.329 e. The van der Waals surface area contributed by atoms with E-state index in [0.29, 0.717) is 39.8 Å². The van der Waals surface area contributed by atoms with Crippen LogP contribution in [0.25, 0.3) is 11.1 Å². The lowest BCUT2D eigenvalue weighted by Gasteiger charge is -2.13. The van der Waals surface area contributed by atoms with E-state index in [1.807, 2.05) is 12.1 Å². The molecule has 3 aromatic rings. The lowest BCUT2D eigenvalue weighted by Crippen LogP contribution is -2.43. The second-order valence-corrected chi connectivity index (χ2v) is 8.54. The Morgan fingerprint density at radius 1 is 0.818 bits per heavy atom. The number of anilines is 2. The van der Waals surface area contributed by atoms with Crippen molar-refractivity contribution in [2.75, 3.05) is 10.6 Å². The van der Waals surface area contributed by atoms with Crippen molar-refractivity contribution in [1.82, 2.24) is 5.32 Å². The van der Waals surface area contributed by atoms with Gasteiger partial charge in [-0.15, -0.1) is 0 Å². The van der Waals surface area contributed by atoms with Gasteiger partial charge in [-0.1, -0.05) is 47.5 Å². The number of carboxylic acids is 1. The maximum atomic E-state index is 12.3. The molecular formula is C24H19Cl2N3O4. The van der Waals surface area contributed by atoms with E-state index >= 15 is 0 Å². The van der Waals surface area contributed by atoms with E-state index in [9.17, 15) is 19.5 Å². The van der Waals surface area contributed by atoms with Gasteiger partial charge in [0.15, 0.2) is 0 Å². The summed E-state index contributed by atoms with van der Waals surface area (Å²) >= 11 is 11.9. The van der Waals surface area contributed by atoms with Crippen LogP contribution in [0.4, 0.5) is 16.2 Å². The SMILES string of the molecule is O=C(Nc1ccc(-c2ccc(C(=O)NC3(C(=O)O)CC3)cc2)cc1)Nc1ccc(Cl)cc1Cl. The molecule has 0 saturated heterocycles. The van der Waals surface area contributed by atoms with E-state index in [1.165, 1.54) is 0 Å². The number of carbonyl (C=O) groups is 3. The summed E-state index contributed by atoms with van der Waals surface area (Å²) in [6.45, 7) is 0. The first-order valence-corrected chi connectivity index (χ1v) is 10.8. The fraction of sp³-hybridized carbons (Fsp3) is 0.125. The molecular weight excluding hydrogens is 465 g/mol. The molecule has 0 heterocycles. The summed E-state index contributed by atoms with van der Waals surface area (Å²) in [7, 11) is 0. The molecule has 4 rings (SSSR count). The van der Waals surface area contributed by atoms with Gasteiger partial charge in [-0.05, 0) is 66.4 Å². The van der Waals surface area contributed by atoms with Crippen LogP contribution in [-0.2, 0) is 4.79 Å². The van der Waals surface area contributed by atoms with Gasteiger partial charge in [0, 0.05) is 16.3 Å². The summed E-state index contributed by atoms with van der Waals surface area (Å²) in [6, 6.07) is 18.4. The van der Waals surface area contributed by atoms with Crippen LogP contribution in [-0.4, -0.2) is 28.6 Å². The standard InChI is InChI=1S/C24H19Cl2N3O4/c25-17-7-10-20(19(26)13-17)28-23(33)27-18-8-5-15(6-9-18)14-1-3-16(4-2-14)21(30)29-24(11-12-24)22(31)32/h1-10,13H,11-12H2,(H,29,30)(H,31,32)(H2,27,28,33). The van der Waals surface area contributed by atoms with Crippen LogP contribution in [0.5, 0.6) is 0 Å². The molecule has 0 spiro atoms. The topological polar surface area (TPSA) is 108 Å². The summed E-state index contributed by atoms with van der Waals surface area (Å²) in [4.78, 5) is 35.8. The van der Waals surface area contributed by atoms with Crippen LogP contribution in [0.2, 0.25) is 10.0 Å². The highest BCUT2D eigenvalue weighted by molar-refractivity contribution is 6.36. The average molecular weight is 484 g/mol. The molecule has 168 valence electrons. The number of carboxylic acid groups (broad SMARTS) is 1. The van der Waals surface area contributed by atoms with Gasteiger partial charge in [0.25, 0.3) is 5.91 Å². The van der Waals surface area contributed by atoms with Crippen LogP contribution in [0.3, 0.4) is 0 Å². The van der Waals surface area contributed by atoms with Gasteiger partial charge in [0.2, 0.25) is 0 Å². The van der Waals surface area contributed by atoms with Gasteiger partial charge in [-0.25, -0.2) is 9.59 Å². The number of benzene rings is 3. The van der Waals surface area contributed by atoms with Crippen molar-refractivity contribution in [3.05, 3.63) is 82.3 Å². The molecule has 1 aliphatic rings. The number of hydrogen-bond donors (Lipinski definition) is 4. The summed E-state index contributed by atoms with van der Waals surface area (Å²) < 4.78 is 0. The molecule has 33 heavy (non-hydrogen) atoms.